The quantitative estimate of drug-likeness (QED) is 0.602. The molecule has 0 radical (unpaired) electrons. The molecule has 3 nitrogen and oxygen atoms in total. The first-order valence-electron chi connectivity index (χ1n) is 2.72. The van der Waals surface area contributed by atoms with E-state index in [4.69, 9.17) is 0 Å². The van der Waals surface area contributed by atoms with Gasteiger partial charge >= 0.3 is 0 Å². The lowest BCUT2D eigenvalue weighted by Crippen LogP contribution is -1.97. The van der Waals surface area contributed by atoms with Crippen LogP contribution in [0.3, 0.4) is 0 Å². The Kier molecular flexibility index (Phi) is 4.56. The zero-order valence-corrected chi connectivity index (χ0v) is 11.8. The second-order valence-corrected chi connectivity index (χ2v) is 7.28. The molecule has 60 valence electrons. The highest BCUT2D eigenvalue weighted by Gasteiger charge is 1.98. The van der Waals surface area contributed by atoms with E-state index in [1.165, 1.54) is 5.17 Å². The van der Waals surface area contributed by atoms with Gasteiger partial charge in [-0.25, -0.2) is 9.67 Å². The second-order valence-electron chi connectivity index (χ2n) is 1.76. The van der Waals surface area contributed by atoms with E-state index in [0.29, 0.717) is 0 Å². The van der Waals surface area contributed by atoms with Gasteiger partial charge in [-0.15, -0.1) is 0 Å². The predicted octanol–water partition coefficient (Wildman–Crippen LogP) is 2.75. The maximum absolute atomic E-state index is 4.00. The lowest BCUT2D eigenvalue weighted by atomic mass is 10.6. The molecule has 0 aromatic carbocycles. The number of hydrogen-bond acceptors (Lipinski definition) is 2. The van der Waals surface area contributed by atoms with Gasteiger partial charge in [0, 0.05) is 3.58 Å². The van der Waals surface area contributed by atoms with E-state index in [1.54, 1.807) is 17.3 Å². The third-order valence-corrected chi connectivity index (χ3v) is 5.22. The van der Waals surface area contributed by atoms with Crippen molar-refractivity contribution in [1.29, 1.82) is 0 Å². The molecule has 0 saturated heterocycles. The molecule has 0 N–H and O–H groups in total. The Morgan fingerprint density at radius 2 is 2.09 bits per heavy atom. The molecule has 0 unspecified atom stereocenters. The fraction of sp³-hybridized carbons (Fsp3) is 0.200. The summed E-state index contributed by atoms with van der Waals surface area (Å²) in [6.45, 7) is 0.821. The minimum atomic E-state index is 0.821. The maximum atomic E-state index is 4.00. The van der Waals surface area contributed by atoms with Gasteiger partial charge in [0.15, 0.2) is 0 Å². The van der Waals surface area contributed by atoms with Crippen LogP contribution in [0.5, 0.6) is 0 Å². The van der Waals surface area contributed by atoms with Gasteiger partial charge in [-0.05, 0) is 67.8 Å². The van der Waals surface area contributed by atoms with Crippen molar-refractivity contribution in [2.24, 2.45) is 0 Å². The van der Waals surface area contributed by atoms with Crippen LogP contribution >= 0.6 is 67.8 Å². The molecule has 0 aliphatic rings. The zero-order valence-electron chi connectivity index (χ0n) is 5.34. The van der Waals surface area contributed by atoms with Crippen LogP contribution in [0.25, 0.3) is 0 Å². The minimum Gasteiger partial charge on any atom is -0.248 e. The van der Waals surface area contributed by atoms with Gasteiger partial charge in [-0.2, -0.15) is 5.10 Å². The molecule has 0 aliphatic heterocycles. The summed E-state index contributed by atoms with van der Waals surface area (Å²) in [7, 11) is 0. The second kappa shape index (κ2) is 4.94. The van der Waals surface area contributed by atoms with E-state index in [1.807, 2.05) is 0 Å². The molecule has 0 atom stereocenters. The summed E-state index contributed by atoms with van der Waals surface area (Å²) in [6.07, 6.45) is 3.26. The normalized spacial score (nSPS) is 9.73. The molecule has 0 aliphatic carbocycles. The molecule has 1 aromatic rings. The Bertz CT molecular complexity index is 250. The summed E-state index contributed by atoms with van der Waals surface area (Å²) >= 11 is 6.89. The summed E-state index contributed by atoms with van der Waals surface area (Å²) < 4.78 is 4.37. The number of nitrogens with zero attached hydrogens (tertiary/aromatic N) is 3. The van der Waals surface area contributed by atoms with Crippen LogP contribution < -0.4 is 0 Å². The Hall–Kier alpha value is 1.07. The van der Waals surface area contributed by atoms with Gasteiger partial charge in [0.2, 0.25) is 0 Å². The third kappa shape index (κ3) is 3.53. The van der Waals surface area contributed by atoms with Crippen molar-refractivity contribution in [2.45, 2.75) is 6.54 Å². The fourth-order valence-electron chi connectivity index (χ4n) is 0.516. The van der Waals surface area contributed by atoms with Gasteiger partial charge in [0.1, 0.15) is 12.7 Å². The Morgan fingerprint density at radius 1 is 1.36 bits per heavy atom. The molecule has 0 fully saturated rings. The van der Waals surface area contributed by atoms with E-state index in [9.17, 15) is 0 Å². The first-order chi connectivity index (χ1) is 5.20. The standard InChI is InChI=1S/C5H4I3N3/c6-4(5(7)8)1-11-3-9-2-10-11/h2-3H,1H2. The third-order valence-electron chi connectivity index (χ3n) is 0.972. The Labute approximate surface area is 105 Å². The van der Waals surface area contributed by atoms with Crippen molar-refractivity contribution >= 4 is 67.8 Å². The maximum Gasteiger partial charge on any atom is 0.137 e. The number of aromatic nitrogens is 3. The summed E-state index contributed by atoms with van der Waals surface area (Å²) in [5, 5.41) is 4.00. The lowest BCUT2D eigenvalue weighted by molar-refractivity contribution is 0.698. The van der Waals surface area contributed by atoms with Gasteiger partial charge in [-0.3, -0.25) is 0 Å². The van der Waals surface area contributed by atoms with Crippen molar-refractivity contribution in [3.05, 3.63) is 17.8 Å². The molecular formula is C5H4I3N3. The molecule has 0 bridgehead atoms. The average molecular weight is 487 g/mol. The van der Waals surface area contributed by atoms with Crippen LogP contribution in [-0.4, -0.2) is 14.8 Å². The van der Waals surface area contributed by atoms with E-state index in [0.717, 1.165) is 6.54 Å². The predicted molar refractivity (Wildman–Crippen MR) is 69.1 cm³/mol. The summed E-state index contributed by atoms with van der Waals surface area (Å²) in [6, 6.07) is 0. The first kappa shape index (κ1) is 10.2. The van der Waals surface area contributed by atoms with Crippen LogP contribution in [0, 0.1) is 0 Å². The van der Waals surface area contributed by atoms with Crippen LogP contribution in [0.15, 0.2) is 17.8 Å². The molecular weight excluding hydrogens is 483 g/mol. The number of rotatable bonds is 2. The molecule has 6 heteroatoms. The molecule has 1 rings (SSSR count). The highest BCUT2D eigenvalue weighted by atomic mass is 127. The fourth-order valence-corrected chi connectivity index (χ4v) is 1.21. The van der Waals surface area contributed by atoms with Gasteiger partial charge in [-0.1, -0.05) is 0 Å². The van der Waals surface area contributed by atoms with E-state index >= 15 is 0 Å². The summed E-state index contributed by atoms with van der Waals surface area (Å²) in [5.74, 6) is 0. The van der Waals surface area contributed by atoms with Crippen molar-refractivity contribution < 1.29 is 0 Å². The highest BCUT2D eigenvalue weighted by molar-refractivity contribution is 14.2. The van der Waals surface area contributed by atoms with Crippen LogP contribution in [-0.2, 0) is 6.54 Å². The highest BCUT2D eigenvalue weighted by Crippen LogP contribution is 2.25. The molecule has 0 saturated carbocycles. The Morgan fingerprint density at radius 3 is 2.55 bits per heavy atom. The topological polar surface area (TPSA) is 30.7 Å². The Balaban J connectivity index is 2.65. The first-order valence-corrected chi connectivity index (χ1v) is 5.96. The largest absolute Gasteiger partial charge is 0.248 e. The zero-order chi connectivity index (χ0) is 8.27. The average Bonchev–Trinajstić information content (AvgIpc) is 2.39. The minimum absolute atomic E-state index is 0.821. The van der Waals surface area contributed by atoms with E-state index in [2.05, 4.69) is 77.9 Å². The molecule has 11 heavy (non-hydrogen) atoms. The van der Waals surface area contributed by atoms with Crippen molar-refractivity contribution in [1.82, 2.24) is 14.8 Å². The van der Waals surface area contributed by atoms with Crippen molar-refractivity contribution in [2.75, 3.05) is 0 Å². The summed E-state index contributed by atoms with van der Waals surface area (Å²) in [4.78, 5) is 3.86. The number of halogens is 3. The lowest BCUT2D eigenvalue weighted by Gasteiger charge is -1.98. The van der Waals surface area contributed by atoms with Gasteiger partial charge < -0.3 is 0 Å². The monoisotopic (exact) mass is 487 g/mol. The van der Waals surface area contributed by atoms with E-state index < -0.39 is 0 Å². The molecule has 1 heterocycles. The van der Waals surface area contributed by atoms with Crippen molar-refractivity contribution in [3.8, 4) is 0 Å². The SMILES string of the molecule is IC(I)=C(I)Cn1cncn1. The van der Waals surface area contributed by atoms with Gasteiger partial charge in [0.25, 0.3) is 0 Å². The molecule has 1 aromatic heterocycles. The van der Waals surface area contributed by atoms with Crippen molar-refractivity contribution in [3.63, 3.8) is 0 Å². The van der Waals surface area contributed by atoms with Gasteiger partial charge in [0.05, 0.1) is 8.13 Å². The van der Waals surface area contributed by atoms with Crippen LogP contribution in [0.4, 0.5) is 0 Å². The number of allylic oxidation sites excluding steroid dienone is 1. The van der Waals surface area contributed by atoms with E-state index in [-0.39, 0.29) is 0 Å². The summed E-state index contributed by atoms with van der Waals surface area (Å²) in [5.41, 5.74) is 0. The van der Waals surface area contributed by atoms with Crippen LogP contribution in [0.2, 0.25) is 0 Å². The molecule has 0 spiro atoms. The van der Waals surface area contributed by atoms with Crippen LogP contribution in [0.1, 0.15) is 0 Å². The number of hydrogen-bond donors (Lipinski definition) is 0. The molecule has 0 amide bonds. The smallest absolute Gasteiger partial charge is 0.137 e.